The van der Waals surface area contributed by atoms with E-state index in [0.717, 1.165) is 18.5 Å². The topological polar surface area (TPSA) is 78.4 Å². The molecule has 0 saturated carbocycles. The summed E-state index contributed by atoms with van der Waals surface area (Å²) in [5.41, 5.74) is 0.975. The number of aromatic nitrogens is 1. The van der Waals surface area contributed by atoms with Crippen LogP contribution in [0, 0.1) is 24.2 Å². The van der Waals surface area contributed by atoms with E-state index in [1.54, 1.807) is 19.1 Å². The van der Waals surface area contributed by atoms with Crippen molar-refractivity contribution in [3.8, 4) is 5.75 Å². The Balaban J connectivity index is 2.44. The Morgan fingerprint density at radius 2 is 2.14 bits per heavy atom. The predicted octanol–water partition coefficient (Wildman–Crippen LogP) is 4.67. The van der Waals surface area contributed by atoms with Crippen molar-refractivity contribution in [3.63, 3.8) is 0 Å². The van der Waals surface area contributed by atoms with Crippen molar-refractivity contribution in [3.05, 3.63) is 46.4 Å². The summed E-state index contributed by atoms with van der Waals surface area (Å²) in [6.45, 7) is 3.99. The summed E-state index contributed by atoms with van der Waals surface area (Å²) in [6, 6.07) is 3.95. The van der Waals surface area contributed by atoms with E-state index >= 15 is 0 Å². The molecular weight excluding hydrogens is 514 g/mol. The molecule has 0 aliphatic carbocycles. The average molecular weight is 526 g/mol. The van der Waals surface area contributed by atoms with E-state index in [4.69, 9.17) is 9.26 Å². The van der Waals surface area contributed by atoms with Gasteiger partial charge in [-0.05, 0) is 83.3 Å². The smallest absolute Gasteiger partial charge is 0.338 e. The molecule has 2 aromatic rings. The standard InChI is InChI=1S/C14H12I2N2O4/c1-3-21-14-9(6-10(15)7-11(14)16)4-5-12-13(18(19)20)8(2)17-22-12/h4-7H,3H2,1-2H3/b5-4+. The van der Waals surface area contributed by atoms with Gasteiger partial charge in [-0.15, -0.1) is 0 Å². The molecular formula is C14H12I2N2O4. The van der Waals surface area contributed by atoms with Crippen molar-refractivity contribution in [2.75, 3.05) is 6.61 Å². The Morgan fingerprint density at radius 1 is 1.41 bits per heavy atom. The first-order valence-electron chi connectivity index (χ1n) is 6.34. The number of rotatable bonds is 5. The summed E-state index contributed by atoms with van der Waals surface area (Å²) >= 11 is 4.42. The van der Waals surface area contributed by atoms with Crippen LogP contribution in [0.25, 0.3) is 12.2 Å². The Bertz CT molecular complexity index is 741. The summed E-state index contributed by atoms with van der Waals surface area (Å²) in [4.78, 5) is 10.5. The highest BCUT2D eigenvalue weighted by Gasteiger charge is 2.22. The predicted molar refractivity (Wildman–Crippen MR) is 99.9 cm³/mol. The van der Waals surface area contributed by atoms with E-state index in [0.29, 0.717) is 6.61 Å². The number of benzene rings is 1. The van der Waals surface area contributed by atoms with Gasteiger partial charge in [0.15, 0.2) is 5.69 Å². The van der Waals surface area contributed by atoms with Crippen LogP contribution >= 0.6 is 45.2 Å². The lowest BCUT2D eigenvalue weighted by molar-refractivity contribution is -0.386. The number of hydrogen-bond donors (Lipinski definition) is 0. The molecule has 1 aromatic carbocycles. The monoisotopic (exact) mass is 526 g/mol. The number of halogens is 2. The molecule has 116 valence electrons. The highest BCUT2D eigenvalue weighted by atomic mass is 127. The Morgan fingerprint density at radius 3 is 2.77 bits per heavy atom. The minimum absolute atomic E-state index is 0.116. The molecule has 0 aliphatic heterocycles. The van der Waals surface area contributed by atoms with Crippen molar-refractivity contribution in [2.45, 2.75) is 13.8 Å². The molecule has 8 heteroatoms. The zero-order chi connectivity index (χ0) is 16.3. The first kappa shape index (κ1) is 17.2. The molecule has 0 fully saturated rings. The van der Waals surface area contributed by atoms with Crippen LogP contribution in [0.4, 0.5) is 5.69 Å². The van der Waals surface area contributed by atoms with Crippen molar-refractivity contribution in [1.82, 2.24) is 5.16 Å². The van der Waals surface area contributed by atoms with Gasteiger partial charge in [-0.1, -0.05) is 5.16 Å². The molecule has 0 N–H and O–H groups in total. The molecule has 2 rings (SSSR count). The zero-order valence-electron chi connectivity index (χ0n) is 11.8. The lowest BCUT2D eigenvalue weighted by atomic mass is 10.1. The molecule has 22 heavy (non-hydrogen) atoms. The number of hydrogen-bond acceptors (Lipinski definition) is 5. The second-order valence-corrected chi connectivity index (χ2v) is 6.72. The fourth-order valence-corrected chi connectivity index (χ4v) is 3.93. The first-order valence-corrected chi connectivity index (χ1v) is 8.50. The molecule has 0 amide bonds. The van der Waals surface area contributed by atoms with Crippen LogP contribution in [-0.2, 0) is 0 Å². The van der Waals surface area contributed by atoms with E-state index in [2.05, 4.69) is 50.3 Å². The average Bonchev–Trinajstić information content (AvgIpc) is 2.81. The first-order chi connectivity index (χ1) is 10.4. The number of ether oxygens (including phenoxy) is 1. The highest BCUT2D eigenvalue weighted by molar-refractivity contribution is 14.1. The SMILES string of the molecule is CCOc1c(I)cc(I)cc1/C=C/c1onc(C)c1[N+](=O)[O-]. The third-order valence-corrected chi connectivity index (χ3v) is 4.20. The Hall–Kier alpha value is -1.17. The van der Waals surface area contributed by atoms with Gasteiger partial charge in [-0.25, -0.2) is 0 Å². The number of aryl methyl sites for hydroxylation is 1. The number of nitro groups is 1. The minimum Gasteiger partial charge on any atom is -0.492 e. The second-order valence-electron chi connectivity index (χ2n) is 4.31. The number of nitrogens with zero attached hydrogens (tertiary/aromatic N) is 2. The van der Waals surface area contributed by atoms with Gasteiger partial charge in [-0.3, -0.25) is 10.1 Å². The van der Waals surface area contributed by atoms with Crippen LogP contribution in [0.3, 0.4) is 0 Å². The molecule has 6 nitrogen and oxygen atoms in total. The van der Waals surface area contributed by atoms with Crippen LogP contribution in [0.5, 0.6) is 5.75 Å². The molecule has 1 aromatic heterocycles. The third kappa shape index (κ3) is 3.77. The van der Waals surface area contributed by atoms with Gasteiger partial charge in [0.25, 0.3) is 0 Å². The molecule has 0 unspecified atom stereocenters. The molecule has 0 aliphatic rings. The van der Waals surface area contributed by atoms with Crippen molar-refractivity contribution in [1.29, 1.82) is 0 Å². The fourth-order valence-electron chi connectivity index (χ4n) is 1.88. The Labute approximate surface area is 154 Å². The summed E-state index contributed by atoms with van der Waals surface area (Å²) in [7, 11) is 0. The van der Waals surface area contributed by atoms with Crippen LogP contribution in [0.2, 0.25) is 0 Å². The maximum atomic E-state index is 11.0. The van der Waals surface area contributed by atoms with Gasteiger partial charge in [0, 0.05) is 9.13 Å². The maximum absolute atomic E-state index is 11.0. The lowest BCUT2D eigenvalue weighted by Crippen LogP contribution is -1.97. The largest absolute Gasteiger partial charge is 0.492 e. The maximum Gasteiger partial charge on any atom is 0.338 e. The minimum atomic E-state index is -0.493. The lowest BCUT2D eigenvalue weighted by Gasteiger charge is -2.10. The zero-order valence-corrected chi connectivity index (χ0v) is 16.1. The molecule has 0 bridgehead atoms. The summed E-state index contributed by atoms with van der Waals surface area (Å²) < 4.78 is 12.7. The van der Waals surface area contributed by atoms with Crippen molar-refractivity contribution < 1.29 is 14.2 Å². The van der Waals surface area contributed by atoms with Crippen LogP contribution in [0.15, 0.2) is 16.7 Å². The van der Waals surface area contributed by atoms with Gasteiger partial charge < -0.3 is 9.26 Å². The van der Waals surface area contributed by atoms with Gasteiger partial charge in [-0.2, -0.15) is 0 Å². The summed E-state index contributed by atoms with van der Waals surface area (Å²) in [6.07, 6.45) is 3.28. The van der Waals surface area contributed by atoms with Gasteiger partial charge in [0.05, 0.1) is 15.1 Å². The second kappa shape index (κ2) is 7.40. The molecule has 0 atom stereocenters. The third-order valence-electron chi connectivity index (χ3n) is 2.78. The molecule has 0 saturated heterocycles. The van der Waals surface area contributed by atoms with E-state index in [9.17, 15) is 10.1 Å². The molecule has 0 spiro atoms. The Kier molecular flexibility index (Phi) is 5.78. The summed E-state index contributed by atoms with van der Waals surface area (Å²) in [5.74, 6) is 0.873. The van der Waals surface area contributed by atoms with Crippen LogP contribution in [0.1, 0.15) is 23.9 Å². The van der Waals surface area contributed by atoms with Crippen LogP contribution < -0.4 is 4.74 Å². The molecule has 0 radical (unpaired) electrons. The van der Waals surface area contributed by atoms with Gasteiger partial charge in [0.1, 0.15) is 5.75 Å². The molecule has 1 heterocycles. The quantitative estimate of drug-likeness (QED) is 0.322. The van der Waals surface area contributed by atoms with E-state index in [1.165, 1.54) is 0 Å². The van der Waals surface area contributed by atoms with Crippen LogP contribution in [-0.4, -0.2) is 16.7 Å². The van der Waals surface area contributed by atoms with Crippen molar-refractivity contribution >= 4 is 63.0 Å². The van der Waals surface area contributed by atoms with E-state index in [-0.39, 0.29) is 17.1 Å². The van der Waals surface area contributed by atoms with Gasteiger partial charge in [0.2, 0.25) is 5.76 Å². The highest BCUT2D eigenvalue weighted by Crippen LogP contribution is 2.31. The normalized spacial score (nSPS) is 11.1. The van der Waals surface area contributed by atoms with Gasteiger partial charge >= 0.3 is 5.69 Å². The summed E-state index contributed by atoms with van der Waals surface area (Å²) in [5, 5.41) is 14.7. The fraction of sp³-hybridized carbons (Fsp3) is 0.214. The van der Waals surface area contributed by atoms with Crippen molar-refractivity contribution in [2.24, 2.45) is 0 Å². The van der Waals surface area contributed by atoms with E-state index < -0.39 is 4.92 Å². The van der Waals surface area contributed by atoms with E-state index in [1.807, 2.05) is 19.1 Å².